The predicted molar refractivity (Wildman–Crippen MR) is 72.6 cm³/mol. The van der Waals surface area contributed by atoms with Crippen LogP contribution in [0.1, 0.15) is 9.88 Å². The van der Waals surface area contributed by atoms with Crippen LogP contribution in [0.5, 0.6) is 0 Å². The Balaban J connectivity index is 1.90. The van der Waals surface area contributed by atoms with Crippen LogP contribution in [0.2, 0.25) is 0 Å². The first-order chi connectivity index (χ1) is 9.49. The minimum absolute atomic E-state index is 0.142. The zero-order valence-corrected chi connectivity index (χ0v) is 12.1. The number of carboxylic acids is 1. The molecular formula is C12H17N3O4S. The molecule has 0 aliphatic carbocycles. The molecule has 0 saturated carbocycles. The van der Waals surface area contributed by atoms with Crippen molar-refractivity contribution in [1.29, 1.82) is 0 Å². The number of thiazole rings is 1. The Kier molecular flexibility index (Phi) is 4.56. The Bertz CT molecular complexity index is 505. The maximum Gasteiger partial charge on any atom is 0.317 e. The number of rotatable bonds is 4. The molecule has 1 aliphatic heterocycles. The summed E-state index contributed by atoms with van der Waals surface area (Å²) in [6.45, 7) is 2.68. The average molecular weight is 299 g/mol. The van der Waals surface area contributed by atoms with Crippen molar-refractivity contribution in [3.8, 4) is 0 Å². The smallest absolute Gasteiger partial charge is 0.317 e. The highest BCUT2D eigenvalue weighted by molar-refractivity contribution is 7.11. The normalized spacial score (nSPS) is 21.7. The van der Waals surface area contributed by atoms with Gasteiger partial charge < -0.3 is 20.1 Å². The summed E-state index contributed by atoms with van der Waals surface area (Å²) in [5.41, 5.74) is 0. The van der Waals surface area contributed by atoms with Crippen molar-refractivity contribution < 1.29 is 19.4 Å². The maximum atomic E-state index is 12.0. The number of amides is 2. The van der Waals surface area contributed by atoms with E-state index in [2.05, 4.69) is 10.3 Å². The van der Waals surface area contributed by atoms with Crippen LogP contribution in [0.15, 0.2) is 6.20 Å². The van der Waals surface area contributed by atoms with Crippen LogP contribution in [0, 0.1) is 12.8 Å². The van der Waals surface area contributed by atoms with Gasteiger partial charge in [-0.1, -0.05) is 0 Å². The molecule has 1 aliphatic rings. The molecule has 2 atom stereocenters. The fraction of sp³-hybridized carbons (Fsp3) is 0.583. The summed E-state index contributed by atoms with van der Waals surface area (Å²) in [5, 5.41) is 12.6. The highest BCUT2D eigenvalue weighted by atomic mass is 32.1. The first-order valence-corrected chi connectivity index (χ1v) is 7.03. The van der Waals surface area contributed by atoms with Crippen LogP contribution in [0.3, 0.4) is 0 Å². The van der Waals surface area contributed by atoms with Gasteiger partial charge in [0, 0.05) is 18.1 Å². The number of likely N-dealkylation sites (N-methyl/N-ethyl adjacent to an activating group) is 1. The number of hydrogen-bond acceptors (Lipinski definition) is 5. The van der Waals surface area contributed by atoms with E-state index in [1.165, 1.54) is 16.2 Å². The molecule has 1 aromatic rings. The van der Waals surface area contributed by atoms with E-state index in [1.54, 1.807) is 13.2 Å². The minimum Gasteiger partial charge on any atom is -0.481 e. The molecule has 2 N–H and O–H groups in total. The maximum absolute atomic E-state index is 12.0. The van der Waals surface area contributed by atoms with E-state index in [0.717, 1.165) is 9.88 Å². The SMILES string of the molecule is Cc1cnc(CNC(=O)N(C)C2COCC2C(=O)O)s1. The van der Waals surface area contributed by atoms with Crippen molar-refractivity contribution in [3.63, 3.8) is 0 Å². The summed E-state index contributed by atoms with van der Waals surface area (Å²) in [4.78, 5) is 29.7. The quantitative estimate of drug-likeness (QED) is 0.853. The van der Waals surface area contributed by atoms with Gasteiger partial charge in [-0.15, -0.1) is 11.3 Å². The summed E-state index contributed by atoms with van der Waals surface area (Å²) in [6, 6.07) is -0.759. The lowest BCUT2D eigenvalue weighted by atomic mass is 10.0. The number of aryl methyl sites for hydroxylation is 1. The molecule has 0 spiro atoms. The molecule has 1 aromatic heterocycles. The Morgan fingerprint density at radius 1 is 1.60 bits per heavy atom. The van der Waals surface area contributed by atoms with Crippen molar-refractivity contribution in [2.75, 3.05) is 20.3 Å². The summed E-state index contributed by atoms with van der Waals surface area (Å²) >= 11 is 1.52. The van der Waals surface area contributed by atoms with Crippen LogP contribution >= 0.6 is 11.3 Å². The van der Waals surface area contributed by atoms with Gasteiger partial charge in [-0.3, -0.25) is 4.79 Å². The average Bonchev–Trinajstić information content (AvgIpc) is 3.03. The third kappa shape index (κ3) is 3.26. The van der Waals surface area contributed by atoms with Crippen LogP contribution in [0.4, 0.5) is 4.79 Å². The second-order valence-electron chi connectivity index (χ2n) is 4.68. The predicted octanol–water partition coefficient (Wildman–Crippen LogP) is 0.693. The number of carbonyl (C=O) groups excluding carboxylic acids is 1. The van der Waals surface area contributed by atoms with Gasteiger partial charge in [-0.25, -0.2) is 9.78 Å². The second-order valence-corrected chi connectivity index (χ2v) is 6.00. The molecule has 2 unspecified atom stereocenters. The largest absolute Gasteiger partial charge is 0.481 e. The van der Waals surface area contributed by atoms with E-state index in [-0.39, 0.29) is 19.2 Å². The first kappa shape index (κ1) is 14.7. The van der Waals surface area contributed by atoms with Gasteiger partial charge in [-0.05, 0) is 6.92 Å². The lowest BCUT2D eigenvalue weighted by Gasteiger charge is -2.26. The topological polar surface area (TPSA) is 91.8 Å². The molecule has 110 valence electrons. The number of carboxylic acid groups (broad SMARTS) is 1. The Labute approximate surface area is 120 Å². The molecule has 2 amide bonds. The summed E-state index contributed by atoms with van der Waals surface area (Å²) < 4.78 is 5.16. The molecule has 20 heavy (non-hydrogen) atoms. The van der Waals surface area contributed by atoms with E-state index >= 15 is 0 Å². The van der Waals surface area contributed by atoms with Gasteiger partial charge in [0.05, 0.1) is 25.8 Å². The van der Waals surface area contributed by atoms with Gasteiger partial charge in [0.1, 0.15) is 10.9 Å². The zero-order chi connectivity index (χ0) is 14.7. The number of nitrogens with one attached hydrogen (secondary N) is 1. The fourth-order valence-electron chi connectivity index (χ4n) is 2.07. The molecule has 2 heterocycles. The molecule has 8 heteroatoms. The molecule has 0 bridgehead atoms. The second kappa shape index (κ2) is 6.19. The molecular weight excluding hydrogens is 282 g/mol. The highest BCUT2D eigenvalue weighted by Gasteiger charge is 2.38. The summed E-state index contributed by atoms with van der Waals surface area (Å²) in [5.74, 6) is -1.62. The number of aliphatic carboxylic acids is 1. The van der Waals surface area contributed by atoms with E-state index in [9.17, 15) is 9.59 Å². The van der Waals surface area contributed by atoms with Crippen LogP contribution in [-0.2, 0) is 16.1 Å². The van der Waals surface area contributed by atoms with Crippen molar-refractivity contribution >= 4 is 23.3 Å². The third-order valence-corrected chi connectivity index (χ3v) is 4.16. The number of hydrogen-bond donors (Lipinski definition) is 2. The van der Waals surface area contributed by atoms with Crippen LogP contribution < -0.4 is 5.32 Å². The molecule has 0 aromatic carbocycles. The molecule has 1 fully saturated rings. The minimum atomic E-state index is -0.942. The first-order valence-electron chi connectivity index (χ1n) is 6.21. The standard InChI is InChI=1S/C12H17N3O4S/c1-7-3-13-10(20-7)4-14-12(18)15(2)9-6-19-5-8(9)11(16)17/h3,8-9H,4-6H2,1-2H3,(H,14,18)(H,16,17). The van der Waals surface area contributed by atoms with Gasteiger partial charge >= 0.3 is 12.0 Å². The number of carbonyl (C=O) groups is 2. The molecule has 2 rings (SSSR count). The molecule has 7 nitrogen and oxygen atoms in total. The van der Waals surface area contributed by atoms with E-state index in [1.807, 2.05) is 6.92 Å². The van der Waals surface area contributed by atoms with Gasteiger partial charge in [0.25, 0.3) is 0 Å². The molecule has 1 saturated heterocycles. The number of nitrogens with zero attached hydrogens (tertiary/aromatic N) is 2. The third-order valence-electron chi connectivity index (χ3n) is 3.25. The highest BCUT2D eigenvalue weighted by Crippen LogP contribution is 2.19. The summed E-state index contributed by atoms with van der Waals surface area (Å²) in [6.07, 6.45) is 1.75. The van der Waals surface area contributed by atoms with Crippen LogP contribution in [0.25, 0.3) is 0 Å². The molecule has 0 radical (unpaired) electrons. The lowest BCUT2D eigenvalue weighted by Crippen LogP contribution is -2.48. The van der Waals surface area contributed by atoms with Crippen molar-refractivity contribution in [2.24, 2.45) is 5.92 Å². The number of aromatic nitrogens is 1. The van der Waals surface area contributed by atoms with Gasteiger partial charge in [0.15, 0.2) is 0 Å². The van der Waals surface area contributed by atoms with Gasteiger partial charge in [-0.2, -0.15) is 0 Å². The van der Waals surface area contributed by atoms with Crippen molar-refractivity contribution in [3.05, 3.63) is 16.1 Å². The van der Waals surface area contributed by atoms with E-state index < -0.39 is 17.9 Å². The number of ether oxygens (including phenoxy) is 1. The van der Waals surface area contributed by atoms with E-state index in [4.69, 9.17) is 9.84 Å². The van der Waals surface area contributed by atoms with Gasteiger partial charge in [0.2, 0.25) is 0 Å². The Morgan fingerprint density at radius 2 is 2.35 bits per heavy atom. The number of urea groups is 1. The van der Waals surface area contributed by atoms with E-state index in [0.29, 0.717) is 6.54 Å². The Morgan fingerprint density at radius 3 is 2.95 bits per heavy atom. The van der Waals surface area contributed by atoms with Crippen molar-refractivity contribution in [2.45, 2.75) is 19.5 Å². The summed E-state index contributed by atoms with van der Waals surface area (Å²) in [7, 11) is 1.58. The van der Waals surface area contributed by atoms with Crippen molar-refractivity contribution in [1.82, 2.24) is 15.2 Å². The lowest BCUT2D eigenvalue weighted by molar-refractivity contribution is -0.142. The Hall–Kier alpha value is -1.67. The fourth-order valence-corrected chi connectivity index (χ4v) is 2.80. The monoisotopic (exact) mass is 299 g/mol. The zero-order valence-electron chi connectivity index (χ0n) is 11.3. The van der Waals surface area contributed by atoms with Crippen LogP contribution in [-0.4, -0.2) is 53.3 Å².